The Morgan fingerprint density at radius 3 is 2.81 bits per heavy atom. The predicted molar refractivity (Wildman–Crippen MR) is 97.6 cm³/mol. The van der Waals surface area contributed by atoms with E-state index in [1.165, 1.54) is 6.07 Å². The van der Waals surface area contributed by atoms with Gasteiger partial charge in [-0.05, 0) is 62.3 Å². The molecule has 2 aromatic heterocycles. The molecule has 1 aliphatic rings. The van der Waals surface area contributed by atoms with E-state index in [0.717, 1.165) is 41.6 Å². The van der Waals surface area contributed by atoms with Gasteiger partial charge in [-0.25, -0.2) is 0 Å². The smallest absolute Gasteiger partial charge is 0.293 e. The number of hydrogen-bond donors (Lipinski definition) is 1. The molecule has 134 valence electrons. The number of carbonyl (C=O) groups is 1. The Morgan fingerprint density at radius 2 is 2.00 bits per heavy atom. The highest BCUT2D eigenvalue weighted by atomic mass is 16.5. The molecule has 1 N–H and O–H groups in total. The minimum absolute atomic E-state index is 0.0419. The fourth-order valence-corrected chi connectivity index (χ4v) is 3.37. The van der Waals surface area contributed by atoms with Crippen LogP contribution in [0.5, 0.6) is 0 Å². The van der Waals surface area contributed by atoms with Gasteiger partial charge in [-0.15, -0.1) is 0 Å². The van der Waals surface area contributed by atoms with Gasteiger partial charge in [0.15, 0.2) is 11.2 Å². The molecule has 0 bridgehead atoms. The SMILES string of the molecule is Cc1cc2oc(C(=O)Nc3onc4c3C[C@@H](C)CC4)cc(=O)c2cc1C. The largest absolute Gasteiger partial charge is 0.451 e. The average molecular weight is 352 g/mol. The number of nitrogens with one attached hydrogen (secondary N) is 1. The molecule has 0 radical (unpaired) electrons. The third-order valence-electron chi connectivity index (χ3n) is 5.09. The summed E-state index contributed by atoms with van der Waals surface area (Å²) in [5, 5.41) is 7.22. The monoisotopic (exact) mass is 352 g/mol. The Morgan fingerprint density at radius 1 is 1.23 bits per heavy atom. The number of nitrogens with zero attached hydrogens (tertiary/aromatic N) is 1. The van der Waals surface area contributed by atoms with E-state index in [2.05, 4.69) is 17.4 Å². The van der Waals surface area contributed by atoms with Gasteiger partial charge in [-0.3, -0.25) is 14.9 Å². The predicted octanol–water partition coefficient (Wildman–Crippen LogP) is 3.77. The maximum Gasteiger partial charge on any atom is 0.293 e. The first-order valence-electron chi connectivity index (χ1n) is 8.76. The van der Waals surface area contributed by atoms with Gasteiger partial charge in [0.05, 0.1) is 11.1 Å². The van der Waals surface area contributed by atoms with Gasteiger partial charge in [0, 0.05) is 11.6 Å². The first kappa shape index (κ1) is 16.6. The van der Waals surface area contributed by atoms with Crippen LogP contribution in [-0.4, -0.2) is 11.1 Å². The minimum Gasteiger partial charge on any atom is -0.451 e. The quantitative estimate of drug-likeness (QED) is 0.759. The summed E-state index contributed by atoms with van der Waals surface area (Å²) >= 11 is 0. The molecule has 1 atom stereocenters. The van der Waals surface area contributed by atoms with Crippen LogP contribution in [0.4, 0.5) is 5.88 Å². The average Bonchev–Trinajstić information content (AvgIpc) is 2.98. The van der Waals surface area contributed by atoms with Crippen LogP contribution < -0.4 is 10.7 Å². The summed E-state index contributed by atoms with van der Waals surface area (Å²) in [4.78, 5) is 25.0. The van der Waals surface area contributed by atoms with Crippen LogP contribution in [0.2, 0.25) is 0 Å². The van der Waals surface area contributed by atoms with Crippen LogP contribution in [0.3, 0.4) is 0 Å². The van der Waals surface area contributed by atoms with E-state index in [9.17, 15) is 9.59 Å². The molecule has 0 aliphatic heterocycles. The topological polar surface area (TPSA) is 85.3 Å². The van der Waals surface area contributed by atoms with Crippen molar-refractivity contribution in [1.82, 2.24) is 5.16 Å². The molecule has 0 fully saturated rings. The van der Waals surface area contributed by atoms with E-state index < -0.39 is 5.91 Å². The molecule has 0 spiro atoms. The molecular formula is C20H20N2O4. The highest BCUT2D eigenvalue weighted by molar-refractivity contribution is 6.02. The molecule has 0 saturated carbocycles. The van der Waals surface area contributed by atoms with E-state index in [1.807, 2.05) is 13.8 Å². The first-order valence-corrected chi connectivity index (χ1v) is 8.76. The second kappa shape index (κ2) is 6.12. The minimum atomic E-state index is -0.514. The summed E-state index contributed by atoms with van der Waals surface area (Å²) in [5.41, 5.74) is 3.99. The maximum atomic E-state index is 12.6. The summed E-state index contributed by atoms with van der Waals surface area (Å²) in [6.07, 6.45) is 2.72. The molecule has 6 nitrogen and oxygen atoms in total. The number of hydrogen-bond acceptors (Lipinski definition) is 5. The van der Waals surface area contributed by atoms with Crippen LogP contribution in [-0.2, 0) is 12.8 Å². The van der Waals surface area contributed by atoms with Gasteiger partial charge in [0.1, 0.15) is 5.58 Å². The standard InChI is InChI=1S/C20H20N2O4/c1-10-4-5-15-13(6-10)20(26-22-15)21-19(24)18-9-16(23)14-7-11(2)12(3)8-17(14)25-18/h7-10H,4-6H2,1-3H3,(H,21,24)/t10-/m0/s1. The van der Waals surface area contributed by atoms with Crippen molar-refractivity contribution in [2.24, 2.45) is 5.92 Å². The fraction of sp³-hybridized carbons (Fsp3) is 0.350. The van der Waals surface area contributed by atoms with Crippen molar-refractivity contribution in [1.29, 1.82) is 0 Å². The van der Waals surface area contributed by atoms with Crippen LogP contribution in [0.1, 0.15) is 46.3 Å². The van der Waals surface area contributed by atoms with Crippen LogP contribution in [0, 0.1) is 19.8 Å². The van der Waals surface area contributed by atoms with Crippen molar-refractivity contribution in [2.75, 3.05) is 5.32 Å². The highest BCUT2D eigenvalue weighted by Crippen LogP contribution is 2.30. The molecule has 1 aromatic carbocycles. The van der Waals surface area contributed by atoms with Gasteiger partial charge in [-0.1, -0.05) is 12.1 Å². The lowest BCUT2D eigenvalue weighted by Gasteiger charge is -2.16. The lowest BCUT2D eigenvalue weighted by atomic mass is 9.89. The highest BCUT2D eigenvalue weighted by Gasteiger charge is 2.25. The summed E-state index contributed by atoms with van der Waals surface area (Å²) in [5.74, 6) is 0.306. The molecule has 1 aliphatic carbocycles. The van der Waals surface area contributed by atoms with Crippen molar-refractivity contribution in [3.8, 4) is 0 Å². The second-order valence-electron chi connectivity index (χ2n) is 7.15. The molecule has 2 heterocycles. The molecule has 26 heavy (non-hydrogen) atoms. The van der Waals surface area contributed by atoms with Gasteiger partial charge in [0.2, 0.25) is 5.88 Å². The zero-order valence-electron chi connectivity index (χ0n) is 15.0. The summed E-state index contributed by atoms with van der Waals surface area (Å²) < 4.78 is 11.0. The Kier molecular flexibility index (Phi) is 3.90. The zero-order chi connectivity index (χ0) is 18.4. The lowest BCUT2D eigenvalue weighted by molar-refractivity contribution is 0.0994. The number of amides is 1. The Labute approximate surface area is 150 Å². The van der Waals surface area contributed by atoms with E-state index in [0.29, 0.717) is 22.8 Å². The second-order valence-corrected chi connectivity index (χ2v) is 7.15. The van der Waals surface area contributed by atoms with E-state index in [4.69, 9.17) is 8.94 Å². The number of fused-ring (bicyclic) bond motifs is 2. The van der Waals surface area contributed by atoms with Crippen LogP contribution >= 0.6 is 0 Å². The number of aryl methyl sites for hydroxylation is 3. The molecule has 3 aromatic rings. The van der Waals surface area contributed by atoms with E-state index >= 15 is 0 Å². The number of rotatable bonds is 2. The Bertz CT molecular complexity index is 1080. The zero-order valence-corrected chi connectivity index (χ0v) is 15.0. The number of carbonyl (C=O) groups excluding carboxylic acids is 1. The van der Waals surface area contributed by atoms with Crippen molar-refractivity contribution >= 4 is 22.8 Å². The van der Waals surface area contributed by atoms with Gasteiger partial charge in [-0.2, -0.15) is 0 Å². The van der Waals surface area contributed by atoms with Crippen molar-refractivity contribution in [3.63, 3.8) is 0 Å². The molecule has 0 unspecified atom stereocenters. The maximum absolute atomic E-state index is 12.6. The summed E-state index contributed by atoms with van der Waals surface area (Å²) in [7, 11) is 0. The normalized spacial score (nSPS) is 16.5. The molecule has 0 saturated heterocycles. The van der Waals surface area contributed by atoms with E-state index in [-0.39, 0.29) is 11.2 Å². The number of benzene rings is 1. The summed E-state index contributed by atoms with van der Waals surface area (Å²) in [6, 6.07) is 4.78. The van der Waals surface area contributed by atoms with Crippen molar-refractivity contribution < 1.29 is 13.7 Å². The molecule has 1 amide bonds. The molecule has 6 heteroatoms. The fourth-order valence-electron chi connectivity index (χ4n) is 3.37. The van der Waals surface area contributed by atoms with Crippen molar-refractivity contribution in [3.05, 3.63) is 56.6 Å². The Balaban J connectivity index is 1.68. The van der Waals surface area contributed by atoms with Crippen LogP contribution in [0.25, 0.3) is 11.0 Å². The lowest BCUT2D eigenvalue weighted by Crippen LogP contribution is -2.17. The van der Waals surface area contributed by atoms with Gasteiger partial charge >= 0.3 is 0 Å². The molecule has 4 rings (SSSR count). The van der Waals surface area contributed by atoms with Crippen LogP contribution in [0.15, 0.2) is 31.9 Å². The van der Waals surface area contributed by atoms with Gasteiger partial charge < -0.3 is 8.94 Å². The molecular weight excluding hydrogens is 332 g/mol. The van der Waals surface area contributed by atoms with Gasteiger partial charge in [0.25, 0.3) is 5.91 Å². The summed E-state index contributed by atoms with van der Waals surface area (Å²) in [6.45, 7) is 6.03. The third-order valence-corrected chi connectivity index (χ3v) is 5.09. The number of anilines is 1. The van der Waals surface area contributed by atoms with E-state index in [1.54, 1.807) is 12.1 Å². The number of aromatic nitrogens is 1. The Hall–Kier alpha value is -2.89. The third kappa shape index (κ3) is 2.81. The van der Waals surface area contributed by atoms with Crippen molar-refractivity contribution in [2.45, 2.75) is 40.0 Å². The first-order chi connectivity index (χ1) is 12.4.